The smallest absolute Gasteiger partial charge is 0.211 e. The van der Waals surface area contributed by atoms with Gasteiger partial charge in [-0.1, -0.05) is 11.6 Å². The van der Waals surface area contributed by atoms with E-state index in [1.165, 1.54) is 17.7 Å². The van der Waals surface area contributed by atoms with E-state index in [2.05, 4.69) is 4.90 Å². The van der Waals surface area contributed by atoms with Gasteiger partial charge in [-0.2, -0.15) is 4.31 Å². The molecule has 4 rings (SSSR count). The molecule has 8 nitrogen and oxygen atoms in total. The van der Waals surface area contributed by atoms with Crippen LogP contribution in [0.1, 0.15) is 5.56 Å². The first-order valence-electron chi connectivity index (χ1n) is 9.46. The molecule has 0 radical (unpaired) electrons. The fourth-order valence-electron chi connectivity index (χ4n) is 3.70. The SMILES string of the molecule is COc1cc(CO)c(-c2cn3ccc(N4CCN(S(C)(=O)=O)CC4)cc3n2)cc1Cl. The third kappa shape index (κ3) is 3.98. The van der Waals surface area contributed by atoms with Crippen LogP contribution in [0.25, 0.3) is 16.9 Å². The zero-order chi connectivity index (χ0) is 21.5. The number of ether oxygens (including phenoxy) is 1. The first-order valence-corrected chi connectivity index (χ1v) is 11.7. The molecule has 0 unspecified atom stereocenters. The number of aliphatic hydroxyl groups excluding tert-OH is 1. The fraction of sp³-hybridized carbons (Fsp3) is 0.350. The van der Waals surface area contributed by atoms with E-state index in [-0.39, 0.29) is 6.61 Å². The van der Waals surface area contributed by atoms with Crippen LogP contribution in [0, 0.1) is 0 Å². The number of aromatic nitrogens is 2. The quantitative estimate of drug-likeness (QED) is 0.641. The molecular formula is C20H23ClN4O4S. The normalized spacial score (nSPS) is 15.7. The predicted octanol–water partition coefficient (Wildman–Crippen LogP) is 2.24. The molecule has 0 amide bonds. The standard InChI is InChI=1S/C20H23ClN4O4S/c1-29-19-9-14(13-26)16(11-17(19)21)18-12-24-4-3-15(10-20(24)22-18)23-5-7-25(8-6-23)30(2,27)28/h3-4,9-12,26H,5-8,13H2,1-2H3. The number of rotatable bonds is 5. The number of piperazine rings is 1. The van der Waals surface area contributed by atoms with Gasteiger partial charge in [0, 0.05) is 55.9 Å². The van der Waals surface area contributed by atoms with Crippen molar-refractivity contribution in [1.82, 2.24) is 13.7 Å². The molecule has 1 N–H and O–H groups in total. The summed E-state index contributed by atoms with van der Waals surface area (Å²) >= 11 is 6.28. The number of halogens is 1. The van der Waals surface area contributed by atoms with E-state index >= 15 is 0 Å². The summed E-state index contributed by atoms with van der Waals surface area (Å²) in [7, 11) is -1.63. The first kappa shape index (κ1) is 20.9. The average molecular weight is 451 g/mol. The molecule has 10 heteroatoms. The Morgan fingerprint density at radius 3 is 2.57 bits per heavy atom. The van der Waals surface area contributed by atoms with Crippen LogP contribution in [0.4, 0.5) is 5.69 Å². The number of aliphatic hydroxyl groups is 1. The van der Waals surface area contributed by atoms with Gasteiger partial charge in [0.15, 0.2) is 0 Å². The minimum Gasteiger partial charge on any atom is -0.495 e. The molecule has 0 spiro atoms. The summed E-state index contributed by atoms with van der Waals surface area (Å²) in [5, 5.41) is 10.2. The van der Waals surface area contributed by atoms with Gasteiger partial charge in [0.05, 0.1) is 30.7 Å². The second-order valence-electron chi connectivity index (χ2n) is 7.23. The van der Waals surface area contributed by atoms with Gasteiger partial charge >= 0.3 is 0 Å². The molecular weight excluding hydrogens is 428 g/mol. The van der Waals surface area contributed by atoms with Crippen molar-refractivity contribution in [2.45, 2.75) is 6.61 Å². The minimum atomic E-state index is -3.16. The van der Waals surface area contributed by atoms with Crippen LogP contribution >= 0.6 is 11.6 Å². The maximum atomic E-state index is 11.7. The number of hydrogen-bond acceptors (Lipinski definition) is 6. The molecule has 2 aromatic heterocycles. The maximum Gasteiger partial charge on any atom is 0.211 e. The Labute approximate surface area is 180 Å². The molecule has 1 saturated heterocycles. The Balaban J connectivity index is 1.63. The van der Waals surface area contributed by atoms with Crippen LogP contribution in [0.3, 0.4) is 0 Å². The molecule has 30 heavy (non-hydrogen) atoms. The number of sulfonamides is 1. The third-order valence-electron chi connectivity index (χ3n) is 5.34. The van der Waals surface area contributed by atoms with Gasteiger partial charge < -0.3 is 19.1 Å². The van der Waals surface area contributed by atoms with E-state index in [1.54, 1.807) is 12.1 Å². The van der Waals surface area contributed by atoms with Crippen LogP contribution in [-0.2, 0) is 16.6 Å². The number of nitrogens with zero attached hydrogens (tertiary/aromatic N) is 4. The van der Waals surface area contributed by atoms with Crippen molar-refractivity contribution >= 4 is 33.0 Å². The van der Waals surface area contributed by atoms with E-state index < -0.39 is 10.0 Å². The second kappa shape index (κ2) is 8.07. The summed E-state index contributed by atoms with van der Waals surface area (Å²) in [5.41, 5.74) is 3.86. The lowest BCUT2D eigenvalue weighted by Gasteiger charge is -2.34. The summed E-state index contributed by atoms with van der Waals surface area (Å²) in [6.07, 6.45) is 5.05. The van der Waals surface area contributed by atoms with E-state index in [9.17, 15) is 13.5 Å². The minimum absolute atomic E-state index is 0.160. The maximum absolute atomic E-state index is 11.7. The number of methoxy groups -OCH3 is 1. The van der Waals surface area contributed by atoms with Gasteiger partial charge in [-0.3, -0.25) is 0 Å². The summed E-state index contributed by atoms with van der Waals surface area (Å²) in [5.74, 6) is 0.503. The van der Waals surface area contributed by atoms with Crippen LogP contribution in [0.15, 0.2) is 36.7 Å². The highest BCUT2D eigenvalue weighted by Gasteiger charge is 2.24. The molecule has 1 aliphatic heterocycles. The summed E-state index contributed by atoms with van der Waals surface area (Å²) in [6.45, 7) is 2.02. The monoisotopic (exact) mass is 450 g/mol. The Bertz CT molecular complexity index is 1190. The zero-order valence-corrected chi connectivity index (χ0v) is 18.3. The number of fused-ring (bicyclic) bond motifs is 1. The molecule has 1 fully saturated rings. The summed E-state index contributed by atoms with van der Waals surface area (Å²) in [6, 6.07) is 7.43. The van der Waals surface area contributed by atoms with Gasteiger partial charge in [0.1, 0.15) is 11.4 Å². The van der Waals surface area contributed by atoms with Crippen LogP contribution in [0.2, 0.25) is 5.02 Å². The molecule has 0 atom stereocenters. The van der Waals surface area contributed by atoms with Crippen molar-refractivity contribution in [3.63, 3.8) is 0 Å². The number of pyridine rings is 1. The van der Waals surface area contributed by atoms with Crippen LogP contribution in [-0.4, -0.2) is 66.8 Å². The van der Waals surface area contributed by atoms with Gasteiger partial charge in [-0.25, -0.2) is 13.4 Å². The highest BCUT2D eigenvalue weighted by atomic mass is 35.5. The van der Waals surface area contributed by atoms with E-state index in [4.69, 9.17) is 21.3 Å². The first-order chi connectivity index (χ1) is 14.3. The van der Waals surface area contributed by atoms with Crippen molar-refractivity contribution in [2.75, 3.05) is 44.4 Å². The van der Waals surface area contributed by atoms with Crippen molar-refractivity contribution in [3.8, 4) is 17.0 Å². The highest BCUT2D eigenvalue weighted by Crippen LogP contribution is 2.34. The third-order valence-corrected chi connectivity index (χ3v) is 6.94. The average Bonchev–Trinajstić information content (AvgIpc) is 3.16. The van der Waals surface area contributed by atoms with E-state index in [1.807, 2.05) is 28.9 Å². The lowest BCUT2D eigenvalue weighted by Crippen LogP contribution is -2.48. The molecule has 1 aliphatic rings. The predicted molar refractivity (Wildman–Crippen MR) is 117 cm³/mol. The second-order valence-corrected chi connectivity index (χ2v) is 9.62. The number of hydrogen-bond donors (Lipinski definition) is 1. The van der Waals surface area contributed by atoms with Crippen molar-refractivity contribution in [3.05, 3.63) is 47.2 Å². The van der Waals surface area contributed by atoms with Crippen molar-refractivity contribution in [2.24, 2.45) is 0 Å². The lowest BCUT2D eigenvalue weighted by molar-refractivity contribution is 0.281. The van der Waals surface area contributed by atoms with Gasteiger partial charge in [-0.15, -0.1) is 0 Å². The molecule has 160 valence electrons. The Morgan fingerprint density at radius 2 is 1.93 bits per heavy atom. The summed E-state index contributed by atoms with van der Waals surface area (Å²) in [4.78, 5) is 6.87. The Morgan fingerprint density at radius 1 is 1.20 bits per heavy atom. The fourth-order valence-corrected chi connectivity index (χ4v) is 4.76. The molecule has 1 aromatic carbocycles. The molecule has 0 saturated carbocycles. The van der Waals surface area contributed by atoms with E-state index in [0.717, 1.165) is 16.9 Å². The molecule has 0 bridgehead atoms. The molecule has 3 aromatic rings. The van der Waals surface area contributed by atoms with Crippen LogP contribution < -0.4 is 9.64 Å². The lowest BCUT2D eigenvalue weighted by atomic mass is 10.1. The summed E-state index contributed by atoms with van der Waals surface area (Å²) < 4.78 is 32.1. The largest absolute Gasteiger partial charge is 0.495 e. The topological polar surface area (TPSA) is 87.4 Å². The molecule has 3 heterocycles. The Hall–Kier alpha value is -2.33. The number of anilines is 1. The number of imidazole rings is 1. The Kier molecular flexibility index (Phi) is 5.63. The zero-order valence-electron chi connectivity index (χ0n) is 16.7. The van der Waals surface area contributed by atoms with Gasteiger partial charge in [-0.05, 0) is 23.8 Å². The van der Waals surface area contributed by atoms with E-state index in [0.29, 0.717) is 48.2 Å². The number of benzene rings is 1. The highest BCUT2D eigenvalue weighted by molar-refractivity contribution is 7.88. The van der Waals surface area contributed by atoms with Crippen molar-refractivity contribution in [1.29, 1.82) is 0 Å². The van der Waals surface area contributed by atoms with Gasteiger partial charge in [0.25, 0.3) is 0 Å². The van der Waals surface area contributed by atoms with Crippen molar-refractivity contribution < 1.29 is 18.3 Å². The molecule has 0 aliphatic carbocycles. The van der Waals surface area contributed by atoms with Crippen LogP contribution in [0.5, 0.6) is 5.75 Å². The van der Waals surface area contributed by atoms with Gasteiger partial charge in [0.2, 0.25) is 10.0 Å².